The predicted molar refractivity (Wildman–Crippen MR) is 108 cm³/mol. The van der Waals surface area contributed by atoms with Gasteiger partial charge >= 0.3 is 11.9 Å². The average molecular weight is 397 g/mol. The van der Waals surface area contributed by atoms with Crippen LogP contribution in [0.3, 0.4) is 0 Å². The maximum atomic E-state index is 11.2. The third-order valence-electron chi connectivity index (χ3n) is 4.94. The minimum absolute atomic E-state index is 0.462. The lowest BCUT2D eigenvalue weighted by atomic mass is 9.91. The minimum atomic E-state index is -1.41. The summed E-state index contributed by atoms with van der Waals surface area (Å²) in [6.07, 6.45) is 14.1. The van der Waals surface area contributed by atoms with E-state index in [9.17, 15) is 9.59 Å². The summed E-state index contributed by atoms with van der Waals surface area (Å²) in [6.45, 7) is 4.98. The second-order valence-electron chi connectivity index (χ2n) is 8.69. The van der Waals surface area contributed by atoms with Crippen molar-refractivity contribution >= 4 is 11.9 Å². The Hall–Kier alpha value is -1.79. The molecule has 0 radical (unpaired) electrons. The molecule has 2 rings (SSSR count). The Bertz CT molecular complexity index is 511. The van der Waals surface area contributed by atoms with Crippen LogP contribution in [0, 0.1) is 0 Å². The molecule has 28 heavy (non-hydrogen) atoms. The van der Waals surface area contributed by atoms with Crippen molar-refractivity contribution in [2.24, 2.45) is 5.11 Å². The van der Waals surface area contributed by atoms with E-state index in [1.54, 1.807) is 20.8 Å². The van der Waals surface area contributed by atoms with Crippen molar-refractivity contribution in [2.75, 3.05) is 0 Å². The zero-order valence-corrected chi connectivity index (χ0v) is 17.5. The summed E-state index contributed by atoms with van der Waals surface area (Å²) in [4.78, 5) is 24.0. The van der Waals surface area contributed by atoms with Gasteiger partial charge in [-0.25, -0.2) is 0 Å². The van der Waals surface area contributed by atoms with Gasteiger partial charge in [-0.1, -0.05) is 43.6 Å². The molecule has 2 aliphatic carbocycles. The lowest BCUT2D eigenvalue weighted by molar-refractivity contribution is -0.157. The molecule has 0 saturated heterocycles. The standard InChI is InChI=1S/C12H23N.C8H13N3O4/c1-3-7-11(8-4-1)13-12-9-5-2-6-10-12;1-8(2,3)15-6(12)4-5(7(13)14)10-11-9/h11-13H,1-10H2;5H,4H2,1-3H3,(H,13,14). The van der Waals surface area contributed by atoms with E-state index in [4.69, 9.17) is 15.4 Å². The number of aliphatic carboxylic acids is 1. The van der Waals surface area contributed by atoms with Gasteiger partial charge in [0.05, 0.1) is 6.42 Å². The van der Waals surface area contributed by atoms with E-state index in [0.29, 0.717) is 0 Å². The summed E-state index contributed by atoms with van der Waals surface area (Å²) in [7, 11) is 0. The fourth-order valence-electron chi connectivity index (χ4n) is 3.65. The molecule has 2 fully saturated rings. The van der Waals surface area contributed by atoms with Crippen LogP contribution in [-0.4, -0.2) is 40.8 Å². The zero-order chi connectivity index (χ0) is 21.0. The summed E-state index contributed by atoms with van der Waals surface area (Å²) in [6, 6.07) is 0.332. The van der Waals surface area contributed by atoms with E-state index < -0.39 is 30.0 Å². The molecule has 0 aromatic carbocycles. The van der Waals surface area contributed by atoms with Crippen molar-refractivity contribution in [3.63, 3.8) is 0 Å². The number of esters is 1. The van der Waals surface area contributed by atoms with Crippen molar-refractivity contribution < 1.29 is 19.4 Å². The summed E-state index contributed by atoms with van der Waals surface area (Å²) >= 11 is 0. The SMILES string of the molecule is C1CCC(NC2CCCCC2)CC1.CC(C)(C)OC(=O)CC(N=[N+]=[N-])C(=O)O. The van der Waals surface area contributed by atoms with E-state index in [1.165, 1.54) is 64.2 Å². The van der Waals surface area contributed by atoms with Crippen LogP contribution in [0.5, 0.6) is 0 Å². The van der Waals surface area contributed by atoms with Crippen LogP contribution in [0.2, 0.25) is 0 Å². The van der Waals surface area contributed by atoms with E-state index in [0.717, 1.165) is 12.1 Å². The second kappa shape index (κ2) is 12.6. The molecule has 160 valence electrons. The van der Waals surface area contributed by atoms with Gasteiger partial charge in [0.25, 0.3) is 0 Å². The summed E-state index contributed by atoms with van der Waals surface area (Å²) in [5.74, 6) is -2.05. The number of hydrogen-bond acceptors (Lipinski definition) is 5. The van der Waals surface area contributed by atoms with Crippen molar-refractivity contribution in [3.05, 3.63) is 10.4 Å². The first-order chi connectivity index (χ1) is 13.2. The minimum Gasteiger partial charge on any atom is -0.481 e. The van der Waals surface area contributed by atoms with Crippen LogP contribution in [-0.2, 0) is 14.3 Å². The maximum absolute atomic E-state index is 11.2. The third-order valence-corrected chi connectivity index (χ3v) is 4.94. The second-order valence-corrected chi connectivity index (χ2v) is 8.69. The Kier molecular flexibility index (Phi) is 10.9. The summed E-state index contributed by atoms with van der Waals surface area (Å²) in [5.41, 5.74) is 7.39. The Labute approximate surface area is 168 Å². The number of nitrogens with one attached hydrogen (secondary N) is 1. The Morgan fingerprint density at radius 2 is 1.54 bits per heavy atom. The molecule has 8 heteroatoms. The van der Waals surface area contributed by atoms with Crippen LogP contribution < -0.4 is 5.32 Å². The molecule has 2 N–H and O–H groups in total. The first kappa shape index (κ1) is 24.2. The Morgan fingerprint density at radius 3 is 1.89 bits per heavy atom. The molecule has 1 unspecified atom stereocenters. The number of carbonyl (C=O) groups excluding carboxylic acids is 1. The monoisotopic (exact) mass is 396 g/mol. The summed E-state index contributed by atoms with van der Waals surface area (Å²) in [5, 5.41) is 15.4. The molecule has 2 aliphatic rings. The number of hydrogen-bond donors (Lipinski definition) is 2. The van der Waals surface area contributed by atoms with Crippen molar-refractivity contribution in [3.8, 4) is 0 Å². The van der Waals surface area contributed by atoms with Gasteiger partial charge in [-0.15, -0.1) is 0 Å². The third kappa shape index (κ3) is 11.1. The van der Waals surface area contributed by atoms with Gasteiger partial charge in [0.15, 0.2) is 0 Å². The van der Waals surface area contributed by atoms with Gasteiger partial charge in [-0.05, 0) is 52.0 Å². The van der Waals surface area contributed by atoms with Crippen molar-refractivity contribution in [1.29, 1.82) is 0 Å². The number of nitrogens with zero attached hydrogens (tertiary/aromatic N) is 3. The topological polar surface area (TPSA) is 124 Å². The molecule has 2 saturated carbocycles. The van der Waals surface area contributed by atoms with Crippen LogP contribution in [0.4, 0.5) is 0 Å². The molecule has 0 spiro atoms. The fourth-order valence-corrected chi connectivity index (χ4v) is 3.65. The van der Waals surface area contributed by atoms with E-state index in [1.807, 2.05) is 0 Å². The van der Waals surface area contributed by atoms with E-state index >= 15 is 0 Å². The quantitative estimate of drug-likeness (QED) is 0.291. The molecule has 0 aliphatic heterocycles. The van der Waals surface area contributed by atoms with Gasteiger partial charge in [0, 0.05) is 17.0 Å². The van der Waals surface area contributed by atoms with Crippen LogP contribution >= 0.6 is 0 Å². The first-order valence-electron chi connectivity index (χ1n) is 10.5. The Morgan fingerprint density at radius 1 is 1.07 bits per heavy atom. The highest BCUT2D eigenvalue weighted by Crippen LogP contribution is 2.22. The van der Waals surface area contributed by atoms with Gasteiger partial charge < -0.3 is 15.2 Å². The number of carboxylic acid groups (broad SMARTS) is 1. The zero-order valence-electron chi connectivity index (χ0n) is 17.5. The number of ether oxygens (including phenoxy) is 1. The van der Waals surface area contributed by atoms with E-state index in [-0.39, 0.29) is 0 Å². The fraction of sp³-hybridized carbons (Fsp3) is 0.900. The van der Waals surface area contributed by atoms with Crippen LogP contribution in [0.25, 0.3) is 10.4 Å². The lowest BCUT2D eigenvalue weighted by Gasteiger charge is -2.30. The van der Waals surface area contributed by atoms with Gasteiger partial charge in [0.1, 0.15) is 11.6 Å². The molecule has 1 atom stereocenters. The number of azide groups is 1. The molecule has 0 aromatic heterocycles. The van der Waals surface area contributed by atoms with Crippen LogP contribution in [0.1, 0.15) is 91.4 Å². The largest absolute Gasteiger partial charge is 0.481 e. The highest BCUT2D eigenvalue weighted by Gasteiger charge is 2.24. The van der Waals surface area contributed by atoms with Crippen molar-refractivity contribution in [2.45, 2.75) is 115 Å². The first-order valence-corrected chi connectivity index (χ1v) is 10.5. The van der Waals surface area contributed by atoms with Crippen molar-refractivity contribution in [1.82, 2.24) is 5.32 Å². The maximum Gasteiger partial charge on any atom is 0.313 e. The molecule has 8 nitrogen and oxygen atoms in total. The average Bonchev–Trinajstić information content (AvgIpc) is 2.62. The van der Waals surface area contributed by atoms with Gasteiger partial charge in [0.2, 0.25) is 0 Å². The number of carbonyl (C=O) groups is 2. The molecule has 0 bridgehead atoms. The van der Waals surface area contributed by atoms with Gasteiger partial charge in [-0.2, -0.15) is 0 Å². The number of rotatable bonds is 6. The Balaban J connectivity index is 0.000000281. The molecule has 0 amide bonds. The molecule has 0 heterocycles. The molecular weight excluding hydrogens is 360 g/mol. The molecular formula is C20H36N4O4. The van der Waals surface area contributed by atoms with Crippen LogP contribution in [0.15, 0.2) is 5.11 Å². The highest BCUT2D eigenvalue weighted by atomic mass is 16.6. The molecule has 0 aromatic rings. The normalized spacial score (nSPS) is 19.5. The summed E-state index contributed by atoms with van der Waals surface area (Å²) < 4.78 is 4.88. The smallest absolute Gasteiger partial charge is 0.313 e. The highest BCUT2D eigenvalue weighted by molar-refractivity contribution is 5.81. The predicted octanol–water partition coefficient (Wildman–Crippen LogP) is 4.72. The number of carboxylic acids is 1. The van der Waals surface area contributed by atoms with E-state index in [2.05, 4.69) is 15.3 Å². The lowest BCUT2D eigenvalue weighted by Crippen LogP contribution is -2.40. The van der Waals surface area contributed by atoms with Gasteiger partial charge in [-0.3, -0.25) is 9.59 Å².